The van der Waals surface area contributed by atoms with Gasteiger partial charge < -0.3 is 25.4 Å². The number of nitrogens with one attached hydrogen (secondary N) is 1. The number of carbonyl (C=O) groups excluding carboxylic acids is 2. The Balaban J connectivity index is 1.21. The highest BCUT2D eigenvalue weighted by Gasteiger charge is 2.54. The largest absolute Gasteiger partial charge is 0.485 e. The first-order chi connectivity index (χ1) is 16.5. The molecule has 1 aromatic carbocycles. The fraction of sp³-hybridized carbons (Fsp3) is 0.375. The van der Waals surface area contributed by atoms with Gasteiger partial charge in [0, 0.05) is 18.5 Å². The van der Waals surface area contributed by atoms with Crippen molar-refractivity contribution in [1.29, 1.82) is 0 Å². The summed E-state index contributed by atoms with van der Waals surface area (Å²) in [5.74, 6) is 1.69. The van der Waals surface area contributed by atoms with Crippen molar-refractivity contribution in [3.63, 3.8) is 0 Å². The van der Waals surface area contributed by atoms with Gasteiger partial charge in [0.25, 0.3) is 11.8 Å². The third kappa shape index (κ3) is 3.70. The lowest BCUT2D eigenvalue weighted by Gasteiger charge is -2.27. The van der Waals surface area contributed by atoms with Gasteiger partial charge in [-0.15, -0.1) is 11.3 Å². The number of hydrogen-bond acceptors (Lipinski definition) is 8. The predicted molar refractivity (Wildman–Crippen MR) is 131 cm³/mol. The van der Waals surface area contributed by atoms with Gasteiger partial charge in [-0.05, 0) is 30.7 Å². The first-order valence-corrected chi connectivity index (χ1v) is 13.0. The number of nitrogen functional groups attached to an aromatic ring is 1. The van der Waals surface area contributed by atoms with Gasteiger partial charge in [0.05, 0.1) is 10.9 Å². The maximum atomic E-state index is 13.6. The van der Waals surface area contributed by atoms with Gasteiger partial charge in [-0.2, -0.15) is 0 Å². The van der Waals surface area contributed by atoms with E-state index in [0.29, 0.717) is 65.3 Å². The van der Waals surface area contributed by atoms with Crippen LogP contribution in [-0.2, 0) is 0 Å². The standard InChI is InChI=1S/C24H24N4O4S2/c1-12-3-2-4-13(7-12)20-18(27-24(25)34-20)23(30)28-10-14-8-15(14)16(28)9-26-22(29)21-19-17(11-33-21)31-5-6-32-19/h2-4,7,11,14-16H,5-6,8-10H2,1H3,(H2,25,27)(H,26,29)/t14-,15-,16-/m1/s1. The SMILES string of the molecule is Cc1cccc(-c2sc(N)nc2C(=O)N2C[C@H]3C[C@H]3[C@H]2CNC(=O)c2scc3c2OCCO3)c1. The van der Waals surface area contributed by atoms with E-state index in [-0.39, 0.29) is 17.9 Å². The molecule has 1 saturated heterocycles. The molecule has 0 radical (unpaired) electrons. The van der Waals surface area contributed by atoms with Crippen molar-refractivity contribution in [3.8, 4) is 21.9 Å². The highest BCUT2D eigenvalue weighted by atomic mass is 32.1. The number of anilines is 1. The molecule has 0 spiro atoms. The number of piperidine rings is 1. The minimum Gasteiger partial charge on any atom is -0.485 e. The Morgan fingerprint density at radius 2 is 2.15 bits per heavy atom. The Labute approximate surface area is 204 Å². The second-order valence-corrected chi connectivity index (χ2v) is 10.9. The third-order valence-electron chi connectivity index (χ3n) is 6.67. The van der Waals surface area contributed by atoms with Crippen LogP contribution in [0.15, 0.2) is 29.6 Å². The molecule has 0 unspecified atom stereocenters. The molecule has 4 heterocycles. The lowest BCUT2D eigenvalue weighted by molar-refractivity contribution is 0.0690. The molecule has 3 aliphatic rings. The maximum Gasteiger partial charge on any atom is 0.274 e. The predicted octanol–water partition coefficient (Wildman–Crippen LogP) is 3.42. The number of benzene rings is 1. The van der Waals surface area contributed by atoms with Crippen LogP contribution in [0.1, 0.15) is 32.1 Å². The summed E-state index contributed by atoms with van der Waals surface area (Å²) in [6, 6.07) is 7.93. The van der Waals surface area contributed by atoms with Crippen molar-refractivity contribution in [2.75, 3.05) is 32.0 Å². The number of nitrogens with zero attached hydrogens (tertiary/aromatic N) is 2. The number of ether oxygens (including phenoxy) is 2. The van der Waals surface area contributed by atoms with Gasteiger partial charge in [0.15, 0.2) is 16.6 Å². The fourth-order valence-electron chi connectivity index (χ4n) is 4.96. The zero-order chi connectivity index (χ0) is 23.4. The average molecular weight is 497 g/mol. The summed E-state index contributed by atoms with van der Waals surface area (Å²) in [4.78, 5) is 34.1. The summed E-state index contributed by atoms with van der Waals surface area (Å²) >= 11 is 2.64. The van der Waals surface area contributed by atoms with E-state index in [1.165, 1.54) is 22.7 Å². The molecule has 8 nitrogen and oxygen atoms in total. The van der Waals surface area contributed by atoms with Crippen LogP contribution in [0.2, 0.25) is 0 Å². The summed E-state index contributed by atoms with van der Waals surface area (Å²) in [5, 5.41) is 5.20. The van der Waals surface area contributed by atoms with E-state index in [0.717, 1.165) is 22.4 Å². The minimum absolute atomic E-state index is 0.0670. The number of nitrogens with two attached hydrogens (primary N) is 1. The molecular weight excluding hydrogens is 472 g/mol. The Bertz CT molecular complexity index is 1290. The van der Waals surface area contributed by atoms with Gasteiger partial charge >= 0.3 is 0 Å². The Morgan fingerprint density at radius 3 is 3.00 bits per heavy atom. The van der Waals surface area contributed by atoms with E-state index in [4.69, 9.17) is 15.2 Å². The summed E-state index contributed by atoms with van der Waals surface area (Å²) in [5.41, 5.74) is 8.47. The molecule has 10 heteroatoms. The molecule has 1 aliphatic carbocycles. The number of amides is 2. The summed E-state index contributed by atoms with van der Waals surface area (Å²) in [7, 11) is 0. The highest BCUT2D eigenvalue weighted by Crippen LogP contribution is 2.50. The zero-order valence-electron chi connectivity index (χ0n) is 18.6. The van der Waals surface area contributed by atoms with Gasteiger partial charge in [-0.25, -0.2) is 4.98 Å². The number of aryl methyl sites for hydroxylation is 1. The molecule has 3 N–H and O–H groups in total. The molecule has 3 atom stereocenters. The number of rotatable bonds is 5. The van der Waals surface area contributed by atoms with E-state index in [2.05, 4.69) is 10.3 Å². The van der Waals surface area contributed by atoms with Gasteiger partial charge in [0.1, 0.15) is 23.8 Å². The van der Waals surface area contributed by atoms with Crippen molar-refractivity contribution in [2.24, 2.45) is 11.8 Å². The lowest BCUT2D eigenvalue weighted by atomic mass is 10.1. The highest BCUT2D eigenvalue weighted by molar-refractivity contribution is 7.19. The van der Waals surface area contributed by atoms with Crippen LogP contribution in [0, 0.1) is 18.8 Å². The van der Waals surface area contributed by atoms with E-state index in [9.17, 15) is 9.59 Å². The Morgan fingerprint density at radius 1 is 1.29 bits per heavy atom. The Hall–Kier alpha value is -3.11. The van der Waals surface area contributed by atoms with Gasteiger partial charge in [-0.1, -0.05) is 41.2 Å². The quantitative estimate of drug-likeness (QED) is 0.561. The molecule has 176 valence electrons. The first-order valence-electron chi connectivity index (χ1n) is 11.3. The van der Waals surface area contributed by atoms with Crippen LogP contribution in [0.5, 0.6) is 11.5 Å². The van der Waals surface area contributed by atoms with Crippen molar-refractivity contribution >= 4 is 39.6 Å². The second kappa shape index (κ2) is 8.28. The van der Waals surface area contributed by atoms with Crippen molar-refractivity contribution in [2.45, 2.75) is 19.4 Å². The number of likely N-dealkylation sites (tertiary alicyclic amines) is 1. The van der Waals surface area contributed by atoms with E-state index >= 15 is 0 Å². The number of aromatic nitrogens is 1. The molecule has 3 aromatic rings. The molecule has 1 saturated carbocycles. The zero-order valence-corrected chi connectivity index (χ0v) is 20.2. The number of thiazole rings is 1. The lowest BCUT2D eigenvalue weighted by Crippen LogP contribution is -2.45. The van der Waals surface area contributed by atoms with Crippen LogP contribution < -0.4 is 20.5 Å². The van der Waals surface area contributed by atoms with Crippen LogP contribution >= 0.6 is 22.7 Å². The molecule has 0 bridgehead atoms. The molecule has 34 heavy (non-hydrogen) atoms. The van der Waals surface area contributed by atoms with Gasteiger partial charge in [-0.3, -0.25) is 9.59 Å². The monoisotopic (exact) mass is 496 g/mol. The average Bonchev–Trinajstić information content (AvgIpc) is 3.17. The van der Waals surface area contributed by atoms with Crippen LogP contribution in [0.25, 0.3) is 10.4 Å². The number of thiophene rings is 1. The number of fused-ring (bicyclic) bond motifs is 2. The van der Waals surface area contributed by atoms with E-state index in [1.807, 2.05) is 36.1 Å². The fourth-order valence-corrected chi connectivity index (χ4v) is 6.63. The topological polar surface area (TPSA) is 107 Å². The van der Waals surface area contributed by atoms with Gasteiger partial charge in [0.2, 0.25) is 0 Å². The second-order valence-electron chi connectivity index (χ2n) is 8.95. The minimum atomic E-state index is -0.202. The molecule has 2 amide bonds. The molecule has 2 aliphatic heterocycles. The van der Waals surface area contributed by atoms with Crippen molar-refractivity contribution in [3.05, 3.63) is 45.8 Å². The van der Waals surface area contributed by atoms with Crippen LogP contribution in [0.3, 0.4) is 0 Å². The van der Waals surface area contributed by atoms with E-state index in [1.54, 1.807) is 5.38 Å². The normalized spacial score (nSPS) is 22.4. The number of carbonyl (C=O) groups is 2. The third-order valence-corrected chi connectivity index (χ3v) is 8.54. The summed E-state index contributed by atoms with van der Waals surface area (Å²) < 4.78 is 11.2. The maximum absolute atomic E-state index is 13.6. The van der Waals surface area contributed by atoms with Crippen LogP contribution in [0.4, 0.5) is 5.13 Å². The van der Waals surface area contributed by atoms with Crippen molar-refractivity contribution < 1.29 is 19.1 Å². The van der Waals surface area contributed by atoms with Crippen molar-refractivity contribution in [1.82, 2.24) is 15.2 Å². The first kappa shape index (κ1) is 21.4. The van der Waals surface area contributed by atoms with E-state index < -0.39 is 0 Å². The molecule has 2 fully saturated rings. The molecule has 2 aromatic heterocycles. The smallest absolute Gasteiger partial charge is 0.274 e. The summed E-state index contributed by atoms with van der Waals surface area (Å²) in [6.45, 7) is 4.00. The Kier molecular flexibility index (Phi) is 5.22. The molecular formula is C24H24N4O4S2. The summed E-state index contributed by atoms with van der Waals surface area (Å²) in [6.07, 6.45) is 1.08. The van der Waals surface area contributed by atoms with Crippen LogP contribution in [-0.4, -0.2) is 54.0 Å². The number of hydrogen-bond donors (Lipinski definition) is 2. The molecule has 6 rings (SSSR count).